The van der Waals surface area contributed by atoms with Crippen molar-refractivity contribution in [1.29, 1.82) is 0 Å². The smallest absolute Gasteiger partial charge is 0.248 e. The number of piperidine rings is 1. The van der Waals surface area contributed by atoms with Crippen molar-refractivity contribution in [2.75, 3.05) is 37.6 Å². The zero-order chi connectivity index (χ0) is 16.9. The molecule has 0 aromatic heterocycles. The normalized spacial score (nSPS) is 24.5. The van der Waals surface area contributed by atoms with Crippen LogP contribution in [0.2, 0.25) is 0 Å². The summed E-state index contributed by atoms with van der Waals surface area (Å²) in [5.74, 6) is -1.04. The van der Waals surface area contributed by atoms with Crippen molar-refractivity contribution >= 4 is 17.5 Å². The van der Waals surface area contributed by atoms with Gasteiger partial charge in [0.25, 0.3) is 0 Å². The summed E-state index contributed by atoms with van der Waals surface area (Å²) in [4.78, 5) is 28.7. The highest BCUT2D eigenvalue weighted by Gasteiger charge is 2.38. The zero-order valence-corrected chi connectivity index (χ0v) is 13.6. The summed E-state index contributed by atoms with van der Waals surface area (Å²) in [7, 11) is 0. The van der Waals surface area contributed by atoms with E-state index in [1.54, 1.807) is 5.48 Å². The Morgan fingerprint density at radius 1 is 1.12 bits per heavy atom. The monoisotopic (exact) mass is 332 g/mol. The predicted molar refractivity (Wildman–Crippen MR) is 89.7 cm³/mol. The van der Waals surface area contributed by atoms with E-state index in [1.165, 1.54) is 0 Å². The molecule has 0 aliphatic carbocycles. The molecule has 2 aliphatic heterocycles. The minimum absolute atomic E-state index is 0.0454. The summed E-state index contributed by atoms with van der Waals surface area (Å²) in [6.45, 7) is 3.55. The van der Waals surface area contributed by atoms with Gasteiger partial charge in [-0.2, -0.15) is 0 Å². The predicted octanol–water partition coefficient (Wildman–Crippen LogP) is 0.209. The summed E-state index contributed by atoms with van der Waals surface area (Å²) < 4.78 is 0. The minimum atomic E-state index is -0.547. The Morgan fingerprint density at radius 3 is 2.50 bits per heavy atom. The first-order chi connectivity index (χ1) is 11.7. The van der Waals surface area contributed by atoms with Crippen LogP contribution in [0.1, 0.15) is 12.8 Å². The number of hydroxylamine groups is 1. The Hall–Kier alpha value is -2.12. The fourth-order valence-corrected chi connectivity index (χ4v) is 3.53. The van der Waals surface area contributed by atoms with E-state index in [-0.39, 0.29) is 5.91 Å². The second-order valence-electron chi connectivity index (χ2n) is 6.30. The van der Waals surface area contributed by atoms with Gasteiger partial charge >= 0.3 is 0 Å². The summed E-state index contributed by atoms with van der Waals surface area (Å²) >= 11 is 0. The highest BCUT2D eigenvalue weighted by atomic mass is 16.5. The maximum Gasteiger partial charge on any atom is 0.248 e. The van der Waals surface area contributed by atoms with Gasteiger partial charge in [0.1, 0.15) is 0 Å². The summed E-state index contributed by atoms with van der Waals surface area (Å²) in [6, 6.07) is 9.61. The van der Waals surface area contributed by atoms with E-state index in [4.69, 9.17) is 5.21 Å². The van der Waals surface area contributed by atoms with Crippen molar-refractivity contribution in [3.05, 3.63) is 30.3 Å². The molecule has 2 fully saturated rings. The van der Waals surface area contributed by atoms with Gasteiger partial charge in [-0.1, -0.05) is 18.2 Å². The van der Waals surface area contributed by atoms with Crippen molar-refractivity contribution in [2.24, 2.45) is 5.92 Å². The van der Waals surface area contributed by atoms with Gasteiger partial charge in [-0.3, -0.25) is 14.8 Å². The van der Waals surface area contributed by atoms with Crippen LogP contribution in [-0.4, -0.2) is 60.7 Å². The molecule has 2 amide bonds. The number of amides is 2. The topological polar surface area (TPSA) is 84.9 Å². The third kappa shape index (κ3) is 3.52. The van der Waals surface area contributed by atoms with Crippen LogP contribution >= 0.6 is 0 Å². The molecule has 24 heavy (non-hydrogen) atoms. The Kier molecular flexibility index (Phi) is 5.32. The molecule has 0 bridgehead atoms. The van der Waals surface area contributed by atoms with E-state index >= 15 is 0 Å². The largest absolute Gasteiger partial charge is 0.368 e. The number of carbonyl (C=O) groups is 2. The lowest BCUT2D eigenvalue weighted by Gasteiger charge is -2.39. The standard InChI is InChI=1S/C17H24N4O3/c22-16(19-24)14-7-4-8-18-15(14)17(23)21-11-9-20(10-12-21)13-5-2-1-3-6-13/h1-3,5-6,14-15,18,24H,4,7-12H2,(H,19,22)/t14-,15-/m0/s1. The van der Waals surface area contributed by atoms with Crippen LogP contribution in [0.3, 0.4) is 0 Å². The second kappa shape index (κ2) is 7.63. The van der Waals surface area contributed by atoms with Crippen LogP contribution in [-0.2, 0) is 9.59 Å². The second-order valence-corrected chi connectivity index (χ2v) is 6.30. The van der Waals surface area contributed by atoms with Gasteiger partial charge in [-0.25, -0.2) is 5.48 Å². The number of hydrogen-bond acceptors (Lipinski definition) is 5. The van der Waals surface area contributed by atoms with Crippen molar-refractivity contribution in [3.63, 3.8) is 0 Å². The molecule has 1 aromatic rings. The van der Waals surface area contributed by atoms with E-state index in [1.807, 2.05) is 23.1 Å². The van der Waals surface area contributed by atoms with Crippen molar-refractivity contribution in [2.45, 2.75) is 18.9 Å². The maximum atomic E-state index is 12.8. The van der Waals surface area contributed by atoms with Crippen LogP contribution < -0.4 is 15.7 Å². The first-order valence-electron chi connectivity index (χ1n) is 8.47. The Balaban J connectivity index is 1.61. The molecule has 0 saturated carbocycles. The minimum Gasteiger partial charge on any atom is -0.368 e. The molecule has 2 atom stereocenters. The number of rotatable bonds is 3. The number of piperazine rings is 1. The van der Waals surface area contributed by atoms with E-state index < -0.39 is 17.9 Å². The molecule has 0 unspecified atom stereocenters. The average molecular weight is 332 g/mol. The Bertz CT molecular complexity index is 572. The molecule has 0 radical (unpaired) electrons. The lowest BCUT2D eigenvalue weighted by molar-refractivity contribution is -0.144. The van der Waals surface area contributed by atoms with Gasteiger partial charge in [0.15, 0.2) is 0 Å². The summed E-state index contributed by atoms with van der Waals surface area (Å²) in [5.41, 5.74) is 2.86. The third-order valence-electron chi connectivity index (χ3n) is 4.88. The van der Waals surface area contributed by atoms with E-state index in [9.17, 15) is 9.59 Å². The molecule has 2 heterocycles. The molecular formula is C17H24N4O3. The molecular weight excluding hydrogens is 308 g/mol. The van der Waals surface area contributed by atoms with Gasteiger partial charge in [0, 0.05) is 31.9 Å². The molecule has 7 nitrogen and oxygen atoms in total. The quantitative estimate of drug-likeness (QED) is 0.544. The van der Waals surface area contributed by atoms with Gasteiger partial charge in [-0.05, 0) is 31.5 Å². The molecule has 2 aliphatic rings. The first kappa shape index (κ1) is 16.7. The number of anilines is 1. The SMILES string of the molecule is O=C(NO)[C@H]1CCCN[C@@H]1C(=O)N1CCN(c2ccccc2)CC1. The van der Waals surface area contributed by atoms with Crippen LogP contribution in [0.15, 0.2) is 30.3 Å². The van der Waals surface area contributed by atoms with Crippen molar-refractivity contribution in [3.8, 4) is 0 Å². The van der Waals surface area contributed by atoms with Gasteiger partial charge in [-0.15, -0.1) is 0 Å². The number of nitrogens with zero attached hydrogens (tertiary/aromatic N) is 2. The number of hydrogen-bond donors (Lipinski definition) is 3. The number of carbonyl (C=O) groups excluding carboxylic acids is 2. The lowest BCUT2D eigenvalue weighted by atomic mass is 9.89. The fourth-order valence-electron chi connectivity index (χ4n) is 3.53. The van der Waals surface area contributed by atoms with E-state index in [2.05, 4.69) is 22.3 Å². The Labute approximate surface area is 141 Å². The number of para-hydroxylation sites is 1. The number of nitrogens with one attached hydrogen (secondary N) is 2. The number of benzene rings is 1. The van der Waals surface area contributed by atoms with Crippen molar-refractivity contribution < 1.29 is 14.8 Å². The van der Waals surface area contributed by atoms with Crippen LogP contribution in [0.25, 0.3) is 0 Å². The highest BCUT2D eigenvalue weighted by Crippen LogP contribution is 2.21. The zero-order valence-electron chi connectivity index (χ0n) is 13.6. The van der Waals surface area contributed by atoms with Gasteiger partial charge in [0.05, 0.1) is 12.0 Å². The Morgan fingerprint density at radius 2 is 1.83 bits per heavy atom. The van der Waals surface area contributed by atoms with E-state index in [0.29, 0.717) is 19.5 Å². The van der Waals surface area contributed by atoms with E-state index in [0.717, 1.165) is 31.7 Å². The van der Waals surface area contributed by atoms with Crippen LogP contribution in [0, 0.1) is 5.92 Å². The van der Waals surface area contributed by atoms with Crippen LogP contribution in [0.5, 0.6) is 0 Å². The molecule has 0 spiro atoms. The molecule has 1 aromatic carbocycles. The molecule has 7 heteroatoms. The van der Waals surface area contributed by atoms with Gasteiger partial charge < -0.3 is 15.1 Å². The maximum absolute atomic E-state index is 12.8. The molecule has 3 rings (SSSR count). The van der Waals surface area contributed by atoms with Gasteiger partial charge in [0.2, 0.25) is 11.8 Å². The van der Waals surface area contributed by atoms with Crippen LogP contribution in [0.4, 0.5) is 5.69 Å². The molecule has 3 N–H and O–H groups in total. The summed E-state index contributed by atoms with van der Waals surface area (Å²) in [6.07, 6.45) is 1.43. The van der Waals surface area contributed by atoms with Crippen molar-refractivity contribution in [1.82, 2.24) is 15.7 Å². The molecule has 130 valence electrons. The lowest BCUT2D eigenvalue weighted by Crippen LogP contribution is -2.59. The third-order valence-corrected chi connectivity index (χ3v) is 4.88. The fraction of sp³-hybridized carbons (Fsp3) is 0.529. The molecule has 2 saturated heterocycles. The average Bonchev–Trinajstić information content (AvgIpc) is 2.67. The summed E-state index contributed by atoms with van der Waals surface area (Å²) in [5, 5.41) is 12.0. The first-order valence-corrected chi connectivity index (χ1v) is 8.47. The highest BCUT2D eigenvalue weighted by molar-refractivity contribution is 5.90.